The fourth-order valence-electron chi connectivity index (χ4n) is 4.13. The van der Waals surface area contributed by atoms with E-state index in [2.05, 4.69) is 35.3 Å². The van der Waals surface area contributed by atoms with Gasteiger partial charge >= 0.3 is 0 Å². The maximum atomic E-state index is 14.0. The molecular formula is C31H37FN2. The second-order valence-corrected chi connectivity index (χ2v) is 8.86. The number of hydrogen-bond acceptors (Lipinski definition) is 2. The zero-order valence-corrected chi connectivity index (χ0v) is 20.6. The standard InChI is InChI=1S/C31H37FN2/c1-3-5-6-8-14-26-15-11-12-18-29(26)24-33-34-31(27-16-9-7-10-17-27)28-21-19-25(20-22-28)23-30(32)13-4-2/h7,9-12,15-22,24,30H,3-6,8,13-14,23H2,1-2H3. The van der Waals surface area contributed by atoms with Crippen LogP contribution in [0.4, 0.5) is 4.39 Å². The summed E-state index contributed by atoms with van der Waals surface area (Å²) in [6, 6.07) is 26.6. The van der Waals surface area contributed by atoms with Gasteiger partial charge in [-0.25, -0.2) is 4.39 Å². The van der Waals surface area contributed by atoms with E-state index in [1.165, 1.54) is 31.2 Å². The Hall–Kier alpha value is -3.07. The lowest BCUT2D eigenvalue weighted by atomic mass is 9.99. The van der Waals surface area contributed by atoms with E-state index >= 15 is 0 Å². The summed E-state index contributed by atoms with van der Waals surface area (Å²) < 4.78 is 14.0. The number of benzene rings is 3. The lowest BCUT2D eigenvalue weighted by Gasteiger charge is -2.09. The summed E-state index contributed by atoms with van der Waals surface area (Å²) in [7, 11) is 0. The highest BCUT2D eigenvalue weighted by Crippen LogP contribution is 2.17. The number of unbranched alkanes of at least 4 members (excludes halogenated alkanes) is 3. The first-order valence-electron chi connectivity index (χ1n) is 12.7. The molecule has 0 bridgehead atoms. The molecule has 3 heteroatoms. The fourth-order valence-corrected chi connectivity index (χ4v) is 4.13. The Morgan fingerprint density at radius 3 is 2.24 bits per heavy atom. The van der Waals surface area contributed by atoms with Crippen LogP contribution in [0.2, 0.25) is 0 Å². The normalized spacial score (nSPS) is 12.9. The Morgan fingerprint density at radius 1 is 0.794 bits per heavy atom. The van der Waals surface area contributed by atoms with Crippen molar-refractivity contribution in [2.24, 2.45) is 10.2 Å². The molecule has 1 unspecified atom stereocenters. The predicted molar refractivity (Wildman–Crippen MR) is 144 cm³/mol. The van der Waals surface area contributed by atoms with E-state index in [0.717, 1.165) is 40.8 Å². The number of aryl methyl sites for hydroxylation is 1. The molecule has 0 saturated heterocycles. The van der Waals surface area contributed by atoms with E-state index in [0.29, 0.717) is 12.8 Å². The van der Waals surface area contributed by atoms with Crippen LogP contribution in [0.3, 0.4) is 0 Å². The molecule has 2 nitrogen and oxygen atoms in total. The average molecular weight is 457 g/mol. The first kappa shape index (κ1) is 25.6. The van der Waals surface area contributed by atoms with E-state index in [-0.39, 0.29) is 0 Å². The minimum absolute atomic E-state index is 0.457. The van der Waals surface area contributed by atoms with Crippen molar-refractivity contribution >= 4 is 11.9 Å². The highest BCUT2D eigenvalue weighted by Gasteiger charge is 2.10. The first-order valence-corrected chi connectivity index (χ1v) is 12.7. The molecule has 0 aliphatic rings. The average Bonchev–Trinajstić information content (AvgIpc) is 2.86. The zero-order chi connectivity index (χ0) is 24.0. The highest BCUT2D eigenvalue weighted by atomic mass is 19.1. The smallest absolute Gasteiger partial charge is 0.104 e. The third kappa shape index (κ3) is 8.06. The van der Waals surface area contributed by atoms with Gasteiger partial charge in [-0.1, -0.05) is 118 Å². The van der Waals surface area contributed by atoms with Crippen LogP contribution in [0, 0.1) is 0 Å². The maximum Gasteiger partial charge on any atom is 0.104 e. The van der Waals surface area contributed by atoms with Gasteiger partial charge in [-0.3, -0.25) is 0 Å². The third-order valence-electron chi connectivity index (χ3n) is 6.04. The molecular weight excluding hydrogens is 419 g/mol. The van der Waals surface area contributed by atoms with Gasteiger partial charge in [0, 0.05) is 17.5 Å². The maximum absolute atomic E-state index is 14.0. The van der Waals surface area contributed by atoms with E-state index in [1.54, 1.807) is 0 Å². The summed E-state index contributed by atoms with van der Waals surface area (Å²) in [6.45, 7) is 4.25. The van der Waals surface area contributed by atoms with Gasteiger partial charge in [0.1, 0.15) is 11.9 Å². The van der Waals surface area contributed by atoms with Crippen LogP contribution in [-0.2, 0) is 12.8 Å². The molecule has 3 rings (SSSR count). The molecule has 0 aliphatic carbocycles. The van der Waals surface area contributed by atoms with Crippen molar-refractivity contribution < 1.29 is 4.39 Å². The Labute approximate surface area is 204 Å². The number of nitrogens with zero attached hydrogens (tertiary/aromatic N) is 2. The molecule has 3 aromatic rings. The van der Waals surface area contributed by atoms with Gasteiger partial charge in [0.25, 0.3) is 0 Å². The molecule has 0 aromatic heterocycles. The minimum Gasteiger partial charge on any atom is -0.247 e. The Kier molecular flexibility index (Phi) is 10.7. The van der Waals surface area contributed by atoms with Crippen LogP contribution < -0.4 is 0 Å². The third-order valence-corrected chi connectivity index (χ3v) is 6.04. The van der Waals surface area contributed by atoms with Crippen molar-refractivity contribution in [2.45, 2.75) is 71.4 Å². The first-order chi connectivity index (χ1) is 16.7. The molecule has 0 saturated carbocycles. The van der Waals surface area contributed by atoms with E-state index in [9.17, 15) is 4.39 Å². The van der Waals surface area contributed by atoms with Crippen molar-refractivity contribution in [3.8, 4) is 0 Å². The Morgan fingerprint density at radius 2 is 1.50 bits per heavy atom. The number of halogens is 1. The molecule has 0 N–H and O–H groups in total. The summed E-state index contributed by atoms with van der Waals surface area (Å²) in [5.41, 5.74) is 6.25. The van der Waals surface area contributed by atoms with Crippen LogP contribution in [0.15, 0.2) is 89.1 Å². The van der Waals surface area contributed by atoms with Crippen molar-refractivity contribution in [1.82, 2.24) is 0 Å². The van der Waals surface area contributed by atoms with Gasteiger partial charge in [0.2, 0.25) is 0 Å². The monoisotopic (exact) mass is 456 g/mol. The molecule has 0 spiro atoms. The molecule has 0 amide bonds. The van der Waals surface area contributed by atoms with Crippen LogP contribution in [-0.4, -0.2) is 18.1 Å². The lowest BCUT2D eigenvalue weighted by molar-refractivity contribution is 0.310. The van der Waals surface area contributed by atoms with Gasteiger partial charge < -0.3 is 0 Å². The second-order valence-electron chi connectivity index (χ2n) is 8.86. The van der Waals surface area contributed by atoms with E-state index in [4.69, 9.17) is 0 Å². The van der Waals surface area contributed by atoms with Crippen molar-refractivity contribution in [1.29, 1.82) is 0 Å². The molecule has 0 fully saturated rings. The predicted octanol–water partition coefficient (Wildman–Crippen LogP) is 8.36. The minimum atomic E-state index is -0.787. The Balaban J connectivity index is 1.81. The molecule has 1 atom stereocenters. The lowest BCUT2D eigenvalue weighted by Crippen LogP contribution is -2.06. The van der Waals surface area contributed by atoms with Crippen molar-refractivity contribution in [3.05, 3.63) is 107 Å². The molecule has 0 heterocycles. The summed E-state index contributed by atoms with van der Waals surface area (Å²) >= 11 is 0. The topological polar surface area (TPSA) is 24.7 Å². The van der Waals surface area contributed by atoms with Gasteiger partial charge in [0.05, 0.1) is 6.21 Å². The van der Waals surface area contributed by atoms with Crippen LogP contribution in [0.5, 0.6) is 0 Å². The van der Waals surface area contributed by atoms with E-state index in [1.807, 2.05) is 73.8 Å². The fraction of sp³-hybridized carbons (Fsp3) is 0.355. The van der Waals surface area contributed by atoms with Crippen LogP contribution in [0.1, 0.15) is 80.2 Å². The van der Waals surface area contributed by atoms with Gasteiger partial charge in [0.15, 0.2) is 0 Å². The quantitative estimate of drug-likeness (QED) is 0.140. The largest absolute Gasteiger partial charge is 0.247 e. The van der Waals surface area contributed by atoms with Gasteiger partial charge in [-0.15, -0.1) is 5.10 Å². The molecule has 3 aromatic carbocycles. The molecule has 0 aliphatic heterocycles. The second kappa shape index (κ2) is 14.2. The van der Waals surface area contributed by atoms with Crippen LogP contribution in [0.25, 0.3) is 0 Å². The zero-order valence-electron chi connectivity index (χ0n) is 20.6. The highest BCUT2D eigenvalue weighted by molar-refractivity contribution is 6.13. The summed E-state index contributed by atoms with van der Waals surface area (Å²) in [4.78, 5) is 0. The number of hydrogen-bond donors (Lipinski definition) is 0. The van der Waals surface area contributed by atoms with E-state index < -0.39 is 6.17 Å². The molecule has 0 radical (unpaired) electrons. The van der Waals surface area contributed by atoms with Gasteiger partial charge in [-0.05, 0) is 36.0 Å². The van der Waals surface area contributed by atoms with Gasteiger partial charge in [-0.2, -0.15) is 5.10 Å². The van der Waals surface area contributed by atoms with Crippen molar-refractivity contribution in [2.75, 3.05) is 0 Å². The SMILES string of the molecule is CCCCCCc1ccccc1C=NN=C(c1ccccc1)c1ccc(CC(F)CCC)cc1. The van der Waals surface area contributed by atoms with Crippen molar-refractivity contribution in [3.63, 3.8) is 0 Å². The Bertz CT molecular complexity index is 1040. The van der Waals surface area contributed by atoms with Crippen LogP contribution >= 0.6 is 0 Å². The summed E-state index contributed by atoms with van der Waals surface area (Å²) in [5, 5.41) is 9.14. The summed E-state index contributed by atoms with van der Waals surface area (Å²) in [5.74, 6) is 0. The number of rotatable bonds is 13. The molecule has 178 valence electrons. The summed E-state index contributed by atoms with van der Waals surface area (Å²) in [6.07, 6.45) is 9.05. The molecule has 34 heavy (non-hydrogen) atoms. The number of alkyl halides is 1.